The van der Waals surface area contributed by atoms with E-state index in [9.17, 15) is 4.79 Å². The number of Topliss-reactive ketones (excluding diaryl/α,β-unsaturated/α-hetero) is 1. The lowest BCUT2D eigenvalue weighted by Crippen LogP contribution is -2.00. The summed E-state index contributed by atoms with van der Waals surface area (Å²) in [5.41, 5.74) is 2.76. The molecule has 2 aromatic rings. The van der Waals surface area contributed by atoms with Gasteiger partial charge in [0, 0.05) is 23.7 Å². The Labute approximate surface area is 94.7 Å². The van der Waals surface area contributed by atoms with Crippen molar-refractivity contribution in [3.63, 3.8) is 0 Å². The number of hydrogen-bond donors (Lipinski definition) is 0. The molecule has 2 heterocycles. The van der Waals surface area contributed by atoms with Gasteiger partial charge in [0.15, 0.2) is 5.78 Å². The van der Waals surface area contributed by atoms with Gasteiger partial charge < -0.3 is 4.57 Å². The van der Waals surface area contributed by atoms with Gasteiger partial charge in [0.25, 0.3) is 0 Å². The average Bonchev–Trinajstić information content (AvgIpc) is 2.66. The second-order valence-electron chi connectivity index (χ2n) is 3.90. The molecule has 82 valence electrons. The van der Waals surface area contributed by atoms with Crippen molar-refractivity contribution in [3.05, 3.63) is 53.6 Å². The van der Waals surface area contributed by atoms with E-state index in [4.69, 9.17) is 0 Å². The summed E-state index contributed by atoms with van der Waals surface area (Å²) in [7, 11) is 0. The molecule has 0 saturated heterocycles. The minimum atomic E-state index is 0.0935. The van der Waals surface area contributed by atoms with Gasteiger partial charge in [0.05, 0.1) is 12.2 Å². The van der Waals surface area contributed by atoms with Crippen molar-refractivity contribution in [2.24, 2.45) is 0 Å². The molecule has 0 aliphatic heterocycles. The maximum absolute atomic E-state index is 11.1. The van der Waals surface area contributed by atoms with Crippen LogP contribution >= 0.6 is 0 Å². The highest BCUT2D eigenvalue weighted by atomic mass is 16.1. The van der Waals surface area contributed by atoms with E-state index in [-0.39, 0.29) is 5.78 Å². The monoisotopic (exact) mass is 214 g/mol. The molecular formula is C13H14N2O. The molecule has 0 radical (unpaired) electrons. The number of aromatic nitrogens is 2. The first-order valence-electron chi connectivity index (χ1n) is 5.24. The molecule has 16 heavy (non-hydrogen) atoms. The van der Waals surface area contributed by atoms with Crippen LogP contribution < -0.4 is 0 Å². The number of aryl methyl sites for hydroxylation is 1. The molecule has 0 aliphatic rings. The van der Waals surface area contributed by atoms with Gasteiger partial charge in [-0.1, -0.05) is 6.07 Å². The van der Waals surface area contributed by atoms with Crippen LogP contribution in [0, 0.1) is 6.92 Å². The summed E-state index contributed by atoms with van der Waals surface area (Å²) in [5, 5.41) is 0. The first-order valence-corrected chi connectivity index (χ1v) is 5.24. The lowest BCUT2D eigenvalue weighted by Gasteiger charge is -2.02. The third-order valence-electron chi connectivity index (χ3n) is 2.45. The van der Waals surface area contributed by atoms with Crippen LogP contribution in [-0.4, -0.2) is 15.3 Å². The van der Waals surface area contributed by atoms with Crippen molar-refractivity contribution in [1.29, 1.82) is 0 Å². The van der Waals surface area contributed by atoms with E-state index >= 15 is 0 Å². The Morgan fingerprint density at radius 1 is 1.38 bits per heavy atom. The lowest BCUT2D eigenvalue weighted by molar-refractivity contribution is 0.101. The summed E-state index contributed by atoms with van der Waals surface area (Å²) in [4.78, 5) is 15.6. The summed E-state index contributed by atoms with van der Waals surface area (Å²) in [5.74, 6) is 0.0935. The zero-order valence-electron chi connectivity index (χ0n) is 9.47. The van der Waals surface area contributed by atoms with Crippen LogP contribution in [-0.2, 0) is 6.54 Å². The minimum Gasteiger partial charge on any atom is -0.348 e. The predicted molar refractivity (Wildman–Crippen MR) is 62.5 cm³/mol. The fraction of sp³-hybridized carbons (Fsp3) is 0.231. The van der Waals surface area contributed by atoms with Crippen molar-refractivity contribution in [2.75, 3.05) is 0 Å². The molecule has 0 aliphatic carbocycles. The third kappa shape index (κ3) is 2.37. The van der Waals surface area contributed by atoms with E-state index in [2.05, 4.69) is 4.98 Å². The van der Waals surface area contributed by atoms with Gasteiger partial charge >= 0.3 is 0 Å². The average molecular weight is 214 g/mol. The number of carbonyl (C=O) groups is 1. The predicted octanol–water partition coefficient (Wildman–Crippen LogP) is 2.44. The molecule has 0 saturated carbocycles. The molecule has 0 aromatic carbocycles. The summed E-state index contributed by atoms with van der Waals surface area (Å²) >= 11 is 0. The molecular weight excluding hydrogens is 200 g/mol. The maximum Gasteiger partial charge on any atom is 0.161 e. The molecule has 0 N–H and O–H groups in total. The number of pyridine rings is 1. The lowest BCUT2D eigenvalue weighted by atomic mass is 10.2. The normalized spacial score (nSPS) is 10.4. The van der Waals surface area contributed by atoms with Crippen molar-refractivity contribution in [1.82, 2.24) is 9.55 Å². The zero-order chi connectivity index (χ0) is 11.5. The van der Waals surface area contributed by atoms with E-state index < -0.39 is 0 Å². The molecule has 0 unspecified atom stereocenters. The second kappa shape index (κ2) is 4.31. The third-order valence-corrected chi connectivity index (χ3v) is 2.45. The fourth-order valence-corrected chi connectivity index (χ4v) is 1.62. The van der Waals surface area contributed by atoms with E-state index in [1.807, 2.05) is 48.1 Å². The van der Waals surface area contributed by atoms with Crippen LogP contribution in [0.5, 0.6) is 0 Å². The summed E-state index contributed by atoms with van der Waals surface area (Å²) < 4.78 is 1.97. The van der Waals surface area contributed by atoms with E-state index in [1.54, 1.807) is 6.92 Å². The van der Waals surface area contributed by atoms with Crippen LogP contribution in [0.1, 0.15) is 28.7 Å². The standard InChI is InChI=1S/C13H14N2O/c1-10-4-3-5-13(14-10)9-15-7-6-12(8-15)11(2)16/h3-8H,9H2,1-2H3. The first-order chi connectivity index (χ1) is 7.65. The highest BCUT2D eigenvalue weighted by molar-refractivity contribution is 5.93. The summed E-state index contributed by atoms with van der Waals surface area (Å²) in [6, 6.07) is 7.78. The quantitative estimate of drug-likeness (QED) is 0.735. The van der Waals surface area contributed by atoms with Gasteiger partial charge in [-0.2, -0.15) is 0 Å². The smallest absolute Gasteiger partial charge is 0.161 e. The van der Waals surface area contributed by atoms with E-state index in [1.165, 1.54) is 0 Å². The van der Waals surface area contributed by atoms with Crippen molar-refractivity contribution < 1.29 is 4.79 Å². The Hall–Kier alpha value is -1.90. The molecule has 0 atom stereocenters. The zero-order valence-corrected chi connectivity index (χ0v) is 9.47. The Morgan fingerprint density at radius 2 is 2.19 bits per heavy atom. The van der Waals surface area contributed by atoms with Gasteiger partial charge in [0.1, 0.15) is 0 Å². The highest BCUT2D eigenvalue weighted by Crippen LogP contribution is 2.06. The number of rotatable bonds is 3. The Bertz CT molecular complexity index is 514. The Kier molecular flexibility index (Phi) is 2.86. The molecule has 2 aromatic heterocycles. The second-order valence-corrected chi connectivity index (χ2v) is 3.90. The molecule has 2 rings (SSSR count). The molecule has 0 amide bonds. The SMILES string of the molecule is CC(=O)c1ccn(Cc2cccc(C)n2)c1. The van der Waals surface area contributed by atoms with E-state index in [0.717, 1.165) is 17.0 Å². The Balaban J connectivity index is 2.17. The highest BCUT2D eigenvalue weighted by Gasteiger charge is 2.02. The van der Waals surface area contributed by atoms with Gasteiger partial charge in [-0.25, -0.2) is 0 Å². The molecule has 3 heteroatoms. The van der Waals surface area contributed by atoms with Crippen LogP contribution in [0.25, 0.3) is 0 Å². The van der Waals surface area contributed by atoms with Crippen molar-refractivity contribution >= 4 is 5.78 Å². The number of carbonyl (C=O) groups excluding carboxylic acids is 1. The summed E-state index contributed by atoms with van der Waals surface area (Å²) in [6.45, 7) is 4.25. The Morgan fingerprint density at radius 3 is 2.81 bits per heavy atom. The number of ketones is 1. The molecule has 0 bridgehead atoms. The number of nitrogens with zero attached hydrogens (tertiary/aromatic N) is 2. The van der Waals surface area contributed by atoms with Gasteiger partial charge in [0.2, 0.25) is 0 Å². The van der Waals surface area contributed by atoms with Crippen LogP contribution in [0.15, 0.2) is 36.7 Å². The minimum absolute atomic E-state index is 0.0935. The fourth-order valence-electron chi connectivity index (χ4n) is 1.62. The van der Waals surface area contributed by atoms with Crippen LogP contribution in [0.3, 0.4) is 0 Å². The summed E-state index contributed by atoms with van der Waals surface area (Å²) in [6.07, 6.45) is 3.76. The van der Waals surface area contributed by atoms with Crippen LogP contribution in [0.4, 0.5) is 0 Å². The van der Waals surface area contributed by atoms with E-state index in [0.29, 0.717) is 6.54 Å². The maximum atomic E-state index is 11.1. The molecule has 0 fully saturated rings. The molecule has 3 nitrogen and oxygen atoms in total. The van der Waals surface area contributed by atoms with Gasteiger partial charge in [-0.3, -0.25) is 9.78 Å². The molecule has 0 spiro atoms. The largest absolute Gasteiger partial charge is 0.348 e. The first kappa shape index (κ1) is 10.6. The van der Waals surface area contributed by atoms with Crippen molar-refractivity contribution in [2.45, 2.75) is 20.4 Å². The van der Waals surface area contributed by atoms with Crippen LogP contribution in [0.2, 0.25) is 0 Å². The van der Waals surface area contributed by atoms with Crippen molar-refractivity contribution in [3.8, 4) is 0 Å². The topological polar surface area (TPSA) is 34.9 Å². The van der Waals surface area contributed by atoms with Gasteiger partial charge in [-0.05, 0) is 32.0 Å². The number of hydrogen-bond acceptors (Lipinski definition) is 2. The van der Waals surface area contributed by atoms with Gasteiger partial charge in [-0.15, -0.1) is 0 Å².